The number of hydrogen-bond donors (Lipinski definition) is 1. The third kappa shape index (κ3) is 4.73. The minimum Gasteiger partial charge on any atom is -0.508 e. The zero-order valence-electron chi connectivity index (χ0n) is 16.8. The molecule has 1 aliphatic carbocycles. The number of carbonyl (C=O) groups is 2. The average Bonchev–Trinajstić information content (AvgIpc) is 2.72. The van der Waals surface area contributed by atoms with Crippen LogP contribution in [-0.4, -0.2) is 16.7 Å². The number of carbonyl (C=O) groups excluding carboxylic acids is 2. The van der Waals surface area contributed by atoms with Gasteiger partial charge in [0.1, 0.15) is 17.4 Å². The van der Waals surface area contributed by atoms with E-state index in [-0.39, 0.29) is 28.4 Å². The molecule has 0 spiro atoms. The monoisotopic (exact) mass is 410 g/mol. The lowest BCUT2D eigenvalue weighted by atomic mass is 9.68. The summed E-state index contributed by atoms with van der Waals surface area (Å²) in [4.78, 5) is 26.1. The van der Waals surface area contributed by atoms with Crippen LogP contribution in [0.2, 0.25) is 0 Å². The Labute approximate surface area is 174 Å². The van der Waals surface area contributed by atoms with Crippen molar-refractivity contribution in [3.8, 4) is 5.75 Å². The maximum atomic E-state index is 14.1. The van der Waals surface area contributed by atoms with E-state index in [4.69, 9.17) is 0 Å². The van der Waals surface area contributed by atoms with Crippen LogP contribution < -0.4 is 0 Å². The van der Waals surface area contributed by atoms with E-state index in [9.17, 15) is 23.5 Å². The maximum absolute atomic E-state index is 14.1. The van der Waals surface area contributed by atoms with E-state index in [1.54, 1.807) is 19.1 Å². The SMILES string of the molecule is Cc1ccc(/C=C/C(=O)C2(C(=O)/C=C/c3ccc(O)cc3F)CCCCC2)c(F)c1. The van der Waals surface area contributed by atoms with Gasteiger partial charge in [-0.15, -0.1) is 0 Å². The number of benzene rings is 2. The van der Waals surface area contributed by atoms with E-state index < -0.39 is 17.0 Å². The van der Waals surface area contributed by atoms with Crippen LogP contribution in [0, 0.1) is 24.0 Å². The van der Waals surface area contributed by atoms with Crippen molar-refractivity contribution < 1.29 is 23.5 Å². The Morgan fingerprint density at radius 1 is 0.867 bits per heavy atom. The number of ketones is 2. The fourth-order valence-corrected chi connectivity index (χ4v) is 3.84. The molecule has 30 heavy (non-hydrogen) atoms. The van der Waals surface area contributed by atoms with Crippen molar-refractivity contribution in [2.45, 2.75) is 39.0 Å². The molecule has 0 unspecified atom stereocenters. The van der Waals surface area contributed by atoms with Crippen molar-refractivity contribution in [2.24, 2.45) is 5.41 Å². The van der Waals surface area contributed by atoms with Crippen molar-refractivity contribution in [1.82, 2.24) is 0 Å². The van der Waals surface area contributed by atoms with Crippen LogP contribution in [0.4, 0.5) is 8.78 Å². The second-order valence-corrected chi connectivity index (χ2v) is 7.77. The largest absolute Gasteiger partial charge is 0.508 e. The molecule has 0 amide bonds. The lowest BCUT2D eigenvalue weighted by Crippen LogP contribution is -2.39. The number of hydrogen-bond acceptors (Lipinski definition) is 3. The van der Waals surface area contributed by atoms with Crippen molar-refractivity contribution in [3.05, 3.63) is 76.9 Å². The summed E-state index contributed by atoms with van der Waals surface area (Å²) in [5.74, 6) is -2.02. The zero-order valence-corrected chi connectivity index (χ0v) is 16.8. The van der Waals surface area contributed by atoms with Crippen LogP contribution in [0.1, 0.15) is 48.8 Å². The molecule has 1 saturated carbocycles. The molecule has 0 aromatic heterocycles. The number of aromatic hydroxyl groups is 1. The number of rotatable bonds is 6. The van der Waals surface area contributed by atoms with E-state index in [0.717, 1.165) is 30.9 Å². The quantitative estimate of drug-likeness (QED) is 0.484. The molecule has 1 aliphatic rings. The summed E-state index contributed by atoms with van der Waals surface area (Å²) in [6.45, 7) is 1.78. The van der Waals surface area contributed by atoms with Crippen LogP contribution in [0.15, 0.2) is 48.6 Å². The molecule has 0 saturated heterocycles. The van der Waals surface area contributed by atoms with Gasteiger partial charge in [-0.1, -0.05) is 31.4 Å². The van der Waals surface area contributed by atoms with Crippen molar-refractivity contribution in [1.29, 1.82) is 0 Å². The second-order valence-electron chi connectivity index (χ2n) is 7.77. The standard InChI is InChI=1S/C25H24F2O3/c1-17-5-6-18(21(26)15-17)8-11-23(29)25(13-3-2-4-14-25)24(30)12-9-19-7-10-20(28)16-22(19)27/h5-12,15-16,28H,2-4,13-14H2,1H3/b11-8+,12-9+. The van der Waals surface area contributed by atoms with Crippen molar-refractivity contribution in [2.75, 3.05) is 0 Å². The van der Waals surface area contributed by atoms with Crippen LogP contribution in [0.25, 0.3) is 12.2 Å². The first-order chi connectivity index (χ1) is 14.3. The van der Waals surface area contributed by atoms with E-state index >= 15 is 0 Å². The molecule has 156 valence electrons. The molecular weight excluding hydrogens is 386 g/mol. The zero-order chi connectivity index (χ0) is 21.7. The van der Waals surface area contributed by atoms with Crippen LogP contribution in [-0.2, 0) is 9.59 Å². The van der Waals surface area contributed by atoms with Gasteiger partial charge in [-0.25, -0.2) is 8.78 Å². The summed E-state index contributed by atoms with van der Waals surface area (Å²) in [6, 6.07) is 8.39. The third-order valence-electron chi connectivity index (χ3n) is 5.62. The Morgan fingerprint density at radius 2 is 1.40 bits per heavy atom. The summed E-state index contributed by atoms with van der Waals surface area (Å²) in [7, 11) is 0. The van der Waals surface area contributed by atoms with E-state index in [0.29, 0.717) is 12.8 Å². The Hall–Kier alpha value is -3.08. The molecular formula is C25H24F2O3. The second kappa shape index (κ2) is 9.16. The number of halogens is 2. The molecule has 2 aromatic carbocycles. The van der Waals surface area contributed by atoms with Gasteiger partial charge in [0.2, 0.25) is 0 Å². The fourth-order valence-electron chi connectivity index (χ4n) is 3.84. The number of allylic oxidation sites excluding steroid dienone is 2. The van der Waals surface area contributed by atoms with Gasteiger partial charge in [0.25, 0.3) is 0 Å². The lowest BCUT2D eigenvalue weighted by molar-refractivity contribution is -0.137. The van der Waals surface area contributed by atoms with E-state index in [2.05, 4.69) is 0 Å². The Kier molecular flexibility index (Phi) is 6.60. The highest BCUT2D eigenvalue weighted by molar-refractivity contribution is 6.17. The highest BCUT2D eigenvalue weighted by Crippen LogP contribution is 2.39. The van der Waals surface area contributed by atoms with Gasteiger partial charge in [0.05, 0.1) is 5.41 Å². The normalized spacial score (nSPS) is 16.2. The third-order valence-corrected chi connectivity index (χ3v) is 5.62. The first kappa shape index (κ1) is 21.6. The fraction of sp³-hybridized carbons (Fsp3) is 0.280. The average molecular weight is 410 g/mol. The Balaban J connectivity index is 1.85. The van der Waals surface area contributed by atoms with Gasteiger partial charge in [0, 0.05) is 17.2 Å². The molecule has 0 radical (unpaired) electrons. The van der Waals surface area contributed by atoms with Crippen LogP contribution in [0.3, 0.4) is 0 Å². The van der Waals surface area contributed by atoms with E-state index in [1.807, 2.05) is 0 Å². The summed E-state index contributed by atoms with van der Waals surface area (Å²) < 4.78 is 28.0. The minimum atomic E-state index is -1.21. The van der Waals surface area contributed by atoms with E-state index in [1.165, 1.54) is 42.5 Å². The van der Waals surface area contributed by atoms with Crippen molar-refractivity contribution in [3.63, 3.8) is 0 Å². The molecule has 0 bridgehead atoms. The molecule has 0 heterocycles. The lowest BCUT2D eigenvalue weighted by Gasteiger charge is -2.32. The molecule has 0 aliphatic heterocycles. The molecule has 1 N–H and O–H groups in total. The van der Waals surface area contributed by atoms with Crippen LogP contribution in [0.5, 0.6) is 5.75 Å². The molecule has 2 aromatic rings. The summed E-state index contributed by atoms with van der Waals surface area (Å²) in [6.07, 6.45) is 8.49. The molecule has 3 rings (SSSR count). The number of phenolic OH excluding ortho intramolecular Hbond substituents is 1. The first-order valence-corrected chi connectivity index (χ1v) is 10.0. The Morgan fingerprint density at radius 3 is 1.93 bits per heavy atom. The van der Waals surface area contributed by atoms with Gasteiger partial charge in [-0.3, -0.25) is 9.59 Å². The highest BCUT2D eigenvalue weighted by atomic mass is 19.1. The number of phenols is 1. The molecule has 5 heteroatoms. The first-order valence-electron chi connectivity index (χ1n) is 10.0. The smallest absolute Gasteiger partial charge is 0.169 e. The van der Waals surface area contributed by atoms with Gasteiger partial charge in [0.15, 0.2) is 11.6 Å². The van der Waals surface area contributed by atoms with Gasteiger partial charge < -0.3 is 5.11 Å². The predicted octanol–water partition coefficient (Wildman–Crippen LogP) is 5.79. The van der Waals surface area contributed by atoms with Gasteiger partial charge >= 0.3 is 0 Å². The van der Waals surface area contributed by atoms with Crippen molar-refractivity contribution >= 4 is 23.7 Å². The summed E-state index contributed by atoms with van der Waals surface area (Å²) in [5, 5.41) is 9.31. The minimum absolute atomic E-state index is 0.150. The molecule has 0 atom stereocenters. The summed E-state index contributed by atoms with van der Waals surface area (Å²) >= 11 is 0. The maximum Gasteiger partial charge on any atom is 0.169 e. The predicted molar refractivity (Wildman–Crippen MR) is 113 cm³/mol. The van der Waals surface area contributed by atoms with Crippen LogP contribution >= 0.6 is 0 Å². The number of aryl methyl sites for hydroxylation is 1. The molecule has 3 nitrogen and oxygen atoms in total. The highest BCUT2D eigenvalue weighted by Gasteiger charge is 2.43. The topological polar surface area (TPSA) is 54.4 Å². The Bertz CT molecular complexity index is 940. The van der Waals surface area contributed by atoms with Gasteiger partial charge in [-0.05, 0) is 67.8 Å². The van der Waals surface area contributed by atoms with Gasteiger partial charge in [-0.2, -0.15) is 0 Å². The molecule has 1 fully saturated rings. The summed E-state index contributed by atoms with van der Waals surface area (Å²) in [5.41, 5.74) is 0.00667.